The van der Waals surface area contributed by atoms with Crippen molar-refractivity contribution in [2.45, 2.75) is 40.2 Å². The minimum absolute atomic E-state index is 0. The summed E-state index contributed by atoms with van der Waals surface area (Å²) in [4.78, 5) is 16.5. The number of rotatable bonds is 6. The van der Waals surface area contributed by atoms with E-state index >= 15 is 0 Å². The zero-order valence-corrected chi connectivity index (χ0v) is 17.8. The molecule has 0 unspecified atom stereocenters. The fourth-order valence-electron chi connectivity index (χ4n) is 2.80. The Kier molecular flexibility index (Phi) is 7.53. The molecule has 0 saturated heterocycles. The number of carbonyl (C=O) groups is 1. The number of hydrogen-bond donors (Lipinski definition) is 2. The molecule has 1 heterocycles. The number of amides is 1. The lowest BCUT2D eigenvalue weighted by Crippen LogP contribution is -2.19. The van der Waals surface area contributed by atoms with Crippen LogP contribution in [0.2, 0.25) is 0 Å². The average Bonchev–Trinajstić information content (AvgIpc) is 3.10. The number of nitrogens with two attached hydrogens (primary N) is 1. The van der Waals surface area contributed by atoms with Crippen molar-refractivity contribution in [3.63, 3.8) is 0 Å². The van der Waals surface area contributed by atoms with Crippen LogP contribution >= 0.6 is 12.4 Å². The molecular weight excluding hydrogens is 388 g/mol. The summed E-state index contributed by atoms with van der Waals surface area (Å²) in [7, 11) is 0. The molecule has 0 aliphatic rings. The van der Waals surface area contributed by atoms with Crippen LogP contribution in [0.3, 0.4) is 0 Å². The summed E-state index contributed by atoms with van der Waals surface area (Å²) < 4.78 is 5.37. The zero-order valence-electron chi connectivity index (χ0n) is 16.9. The van der Waals surface area contributed by atoms with Gasteiger partial charge in [0, 0.05) is 24.2 Å². The second-order valence-corrected chi connectivity index (χ2v) is 8.07. The number of nitrogens with zero attached hydrogens (tertiary/aromatic N) is 2. The van der Waals surface area contributed by atoms with Gasteiger partial charge in [-0.25, -0.2) is 0 Å². The van der Waals surface area contributed by atoms with E-state index in [1.165, 1.54) is 0 Å². The summed E-state index contributed by atoms with van der Waals surface area (Å²) in [6.07, 6.45) is 1.01. The number of halogens is 1. The summed E-state index contributed by atoms with van der Waals surface area (Å²) in [5.41, 5.74) is 9.34. The molecule has 2 aromatic carbocycles. The molecule has 0 bridgehead atoms. The van der Waals surface area contributed by atoms with Crippen molar-refractivity contribution in [2.75, 3.05) is 5.32 Å². The van der Waals surface area contributed by atoms with Crippen LogP contribution in [-0.4, -0.2) is 16.0 Å². The first-order valence-corrected chi connectivity index (χ1v) is 9.33. The molecule has 6 nitrogen and oxygen atoms in total. The van der Waals surface area contributed by atoms with E-state index < -0.39 is 0 Å². The lowest BCUT2D eigenvalue weighted by atomic mass is 9.92. The zero-order chi connectivity index (χ0) is 20.1. The van der Waals surface area contributed by atoms with E-state index in [0.717, 1.165) is 22.4 Å². The van der Waals surface area contributed by atoms with Crippen molar-refractivity contribution in [2.24, 2.45) is 11.1 Å². The van der Waals surface area contributed by atoms with Gasteiger partial charge in [0.1, 0.15) is 0 Å². The number of benzene rings is 2. The van der Waals surface area contributed by atoms with Gasteiger partial charge < -0.3 is 15.6 Å². The molecule has 0 radical (unpaired) electrons. The number of anilines is 1. The highest BCUT2D eigenvalue weighted by molar-refractivity contribution is 5.91. The number of nitrogens with one attached hydrogen (secondary N) is 1. The van der Waals surface area contributed by atoms with E-state index in [1.807, 2.05) is 69.3 Å². The highest BCUT2D eigenvalue weighted by Gasteiger charge is 2.16. The normalized spacial score (nSPS) is 11.0. The third-order valence-corrected chi connectivity index (χ3v) is 4.20. The summed E-state index contributed by atoms with van der Waals surface area (Å²) >= 11 is 0. The summed E-state index contributed by atoms with van der Waals surface area (Å²) in [5.74, 6) is 1.12. The lowest BCUT2D eigenvalue weighted by Gasteiger charge is -2.17. The smallest absolute Gasteiger partial charge is 0.231 e. The molecule has 3 rings (SSSR count). The van der Waals surface area contributed by atoms with E-state index in [1.54, 1.807) is 0 Å². The molecule has 29 heavy (non-hydrogen) atoms. The average molecular weight is 415 g/mol. The van der Waals surface area contributed by atoms with Crippen molar-refractivity contribution >= 4 is 24.0 Å². The van der Waals surface area contributed by atoms with Gasteiger partial charge in [-0.2, -0.15) is 4.98 Å². The van der Waals surface area contributed by atoms with E-state index in [-0.39, 0.29) is 23.7 Å². The van der Waals surface area contributed by atoms with Gasteiger partial charge >= 0.3 is 0 Å². The molecule has 1 aromatic heterocycles. The standard InChI is InChI=1S/C22H26N4O2.ClH/c1-22(2,3)13-19(27)24-18-10-6-15(7-11-18)12-20-25-21(26-28-20)17-8-4-16(14-23)5-9-17;/h4-11H,12-14,23H2,1-3H3,(H,24,27);1H. The van der Waals surface area contributed by atoms with Crippen LogP contribution in [-0.2, 0) is 17.8 Å². The van der Waals surface area contributed by atoms with Crippen LogP contribution in [0.1, 0.15) is 44.2 Å². The van der Waals surface area contributed by atoms with Crippen LogP contribution in [0.4, 0.5) is 5.69 Å². The molecule has 3 N–H and O–H groups in total. The quantitative estimate of drug-likeness (QED) is 0.615. The van der Waals surface area contributed by atoms with Crippen molar-refractivity contribution in [1.29, 1.82) is 0 Å². The van der Waals surface area contributed by atoms with Crippen LogP contribution in [0.25, 0.3) is 11.4 Å². The van der Waals surface area contributed by atoms with Crippen molar-refractivity contribution in [1.82, 2.24) is 10.1 Å². The molecule has 3 aromatic rings. The Hall–Kier alpha value is -2.70. The second-order valence-electron chi connectivity index (χ2n) is 8.07. The fourth-order valence-corrected chi connectivity index (χ4v) is 2.80. The van der Waals surface area contributed by atoms with Gasteiger partial charge in [-0.15, -0.1) is 12.4 Å². The molecule has 7 heteroatoms. The molecular formula is C22H27ClN4O2. The summed E-state index contributed by atoms with van der Waals surface area (Å²) in [6, 6.07) is 15.5. The van der Waals surface area contributed by atoms with Gasteiger partial charge in [0.2, 0.25) is 17.6 Å². The molecule has 0 fully saturated rings. The first-order valence-electron chi connectivity index (χ1n) is 9.33. The van der Waals surface area contributed by atoms with Crippen molar-refractivity contribution < 1.29 is 9.32 Å². The molecule has 1 amide bonds. The highest BCUT2D eigenvalue weighted by atomic mass is 35.5. The van der Waals surface area contributed by atoms with Crippen LogP contribution < -0.4 is 11.1 Å². The summed E-state index contributed by atoms with van der Waals surface area (Å²) in [5, 5.41) is 6.98. The van der Waals surface area contributed by atoms with E-state index in [0.29, 0.717) is 31.1 Å². The van der Waals surface area contributed by atoms with E-state index in [2.05, 4.69) is 15.5 Å². The van der Waals surface area contributed by atoms with Gasteiger partial charge in [0.05, 0.1) is 6.42 Å². The third kappa shape index (κ3) is 6.69. The SMILES string of the molecule is CC(C)(C)CC(=O)Nc1ccc(Cc2nc(-c3ccc(CN)cc3)no2)cc1.Cl. The van der Waals surface area contributed by atoms with Gasteiger partial charge in [-0.05, 0) is 28.7 Å². The van der Waals surface area contributed by atoms with Gasteiger partial charge in [-0.3, -0.25) is 4.79 Å². The Bertz CT molecular complexity index is 929. The predicted octanol–water partition coefficient (Wildman–Crippen LogP) is 4.58. The van der Waals surface area contributed by atoms with Crippen molar-refractivity contribution in [3.8, 4) is 11.4 Å². The maximum absolute atomic E-state index is 12.0. The van der Waals surface area contributed by atoms with Gasteiger partial charge in [0.15, 0.2) is 0 Å². The first kappa shape index (κ1) is 22.6. The monoisotopic (exact) mass is 414 g/mol. The summed E-state index contributed by atoms with van der Waals surface area (Å²) in [6.45, 7) is 6.63. The number of hydrogen-bond acceptors (Lipinski definition) is 5. The molecule has 0 atom stereocenters. The molecule has 0 aliphatic heterocycles. The topological polar surface area (TPSA) is 94.0 Å². The predicted molar refractivity (Wildman–Crippen MR) is 117 cm³/mol. The maximum Gasteiger partial charge on any atom is 0.231 e. The maximum atomic E-state index is 12.0. The lowest BCUT2D eigenvalue weighted by molar-refractivity contribution is -0.117. The van der Waals surface area contributed by atoms with Crippen LogP contribution in [0.5, 0.6) is 0 Å². The van der Waals surface area contributed by atoms with E-state index in [9.17, 15) is 4.79 Å². The molecule has 0 spiro atoms. The molecule has 0 saturated carbocycles. The Morgan fingerprint density at radius 3 is 2.24 bits per heavy atom. The second kappa shape index (κ2) is 9.67. The fraction of sp³-hybridized carbons (Fsp3) is 0.318. The Balaban J connectivity index is 0.00000300. The minimum Gasteiger partial charge on any atom is -0.339 e. The Labute approximate surface area is 177 Å². The van der Waals surface area contributed by atoms with Gasteiger partial charge in [0.25, 0.3) is 0 Å². The largest absolute Gasteiger partial charge is 0.339 e. The number of aromatic nitrogens is 2. The highest BCUT2D eigenvalue weighted by Crippen LogP contribution is 2.21. The Morgan fingerprint density at radius 1 is 1.03 bits per heavy atom. The van der Waals surface area contributed by atoms with Crippen LogP contribution in [0, 0.1) is 5.41 Å². The minimum atomic E-state index is -0.0374. The van der Waals surface area contributed by atoms with Crippen LogP contribution in [0.15, 0.2) is 53.1 Å². The third-order valence-electron chi connectivity index (χ3n) is 4.20. The Morgan fingerprint density at radius 2 is 1.66 bits per heavy atom. The van der Waals surface area contributed by atoms with Gasteiger partial charge in [-0.1, -0.05) is 62.3 Å². The molecule has 0 aliphatic carbocycles. The van der Waals surface area contributed by atoms with E-state index in [4.69, 9.17) is 10.3 Å². The first-order chi connectivity index (χ1) is 13.3. The number of carbonyl (C=O) groups excluding carboxylic acids is 1. The molecule has 154 valence electrons. The van der Waals surface area contributed by atoms with Crippen molar-refractivity contribution in [3.05, 3.63) is 65.5 Å².